The Balaban J connectivity index is 2.80. The van der Waals surface area contributed by atoms with Crippen molar-refractivity contribution >= 4 is 11.8 Å². The lowest BCUT2D eigenvalue weighted by Crippen LogP contribution is -2.47. The van der Waals surface area contributed by atoms with E-state index in [1.54, 1.807) is 18.2 Å². The quantitative estimate of drug-likeness (QED) is 0.482. The Hall–Kier alpha value is -2.50. The number of hydrogen-bond donors (Lipinski definition) is 2. The van der Waals surface area contributed by atoms with Gasteiger partial charge in [0.25, 0.3) is 0 Å². The van der Waals surface area contributed by atoms with Crippen molar-refractivity contribution in [2.45, 2.75) is 46.1 Å². The normalized spacial score (nSPS) is 12.7. The molecular formula is C21H28F2N2O2. The predicted molar refractivity (Wildman–Crippen MR) is 103 cm³/mol. The lowest BCUT2D eigenvalue weighted by molar-refractivity contribution is -0.126. The average Bonchev–Trinajstić information content (AvgIpc) is 2.57. The van der Waals surface area contributed by atoms with E-state index >= 15 is 0 Å². The van der Waals surface area contributed by atoms with E-state index in [1.807, 2.05) is 6.92 Å². The van der Waals surface area contributed by atoms with Crippen LogP contribution in [0.4, 0.5) is 8.78 Å². The van der Waals surface area contributed by atoms with Gasteiger partial charge in [-0.2, -0.15) is 0 Å². The summed E-state index contributed by atoms with van der Waals surface area (Å²) < 4.78 is 26.8. The Labute approximate surface area is 159 Å². The molecule has 1 aromatic rings. The maximum Gasteiger partial charge on any atom is 0.244 e. The van der Waals surface area contributed by atoms with Crippen molar-refractivity contribution in [3.63, 3.8) is 0 Å². The van der Waals surface area contributed by atoms with Crippen LogP contribution in [0.15, 0.2) is 42.5 Å². The molecular weight excluding hydrogens is 350 g/mol. The first-order valence-corrected chi connectivity index (χ1v) is 9.12. The number of allylic oxidation sites excluding steroid dienone is 2. The molecule has 6 heteroatoms. The minimum atomic E-state index is -0.932. The van der Waals surface area contributed by atoms with E-state index in [1.165, 1.54) is 6.08 Å². The Morgan fingerprint density at radius 3 is 2.37 bits per heavy atom. The number of carbonyl (C=O) groups is 2. The summed E-state index contributed by atoms with van der Waals surface area (Å²) in [6, 6.07) is 2.14. The number of rotatable bonds is 10. The third kappa shape index (κ3) is 9.68. The maximum absolute atomic E-state index is 13.4. The van der Waals surface area contributed by atoms with Crippen LogP contribution in [0.25, 0.3) is 0 Å². The zero-order valence-electron chi connectivity index (χ0n) is 16.1. The molecule has 0 heterocycles. The van der Waals surface area contributed by atoms with E-state index in [-0.39, 0.29) is 6.42 Å². The van der Waals surface area contributed by atoms with Gasteiger partial charge in [-0.1, -0.05) is 32.1 Å². The summed E-state index contributed by atoms with van der Waals surface area (Å²) in [5.41, 5.74) is 0.294. The zero-order chi connectivity index (χ0) is 20.2. The monoisotopic (exact) mass is 378 g/mol. The molecule has 2 amide bonds. The summed E-state index contributed by atoms with van der Waals surface area (Å²) in [6.45, 7) is 6.32. The molecule has 0 saturated carbocycles. The van der Waals surface area contributed by atoms with Crippen molar-refractivity contribution in [1.82, 2.24) is 10.6 Å². The summed E-state index contributed by atoms with van der Waals surface area (Å²) in [7, 11) is 0. The fourth-order valence-electron chi connectivity index (χ4n) is 2.41. The maximum atomic E-state index is 13.4. The smallest absolute Gasteiger partial charge is 0.244 e. The summed E-state index contributed by atoms with van der Waals surface area (Å²) >= 11 is 0. The fourth-order valence-corrected chi connectivity index (χ4v) is 2.41. The molecule has 0 aliphatic heterocycles. The molecule has 0 bridgehead atoms. The molecule has 0 aromatic heterocycles. The van der Waals surface area contributed by atoms with Crippen LogP contribution in [0, 0.1) is 17.6 Å². The van der Waals surface area contributed by atoms with Gasteiger partial charge in [-0.3, -0.25) is 9.59 Å². The van der Waals surface area contributed by atoms with Gasteiger partial charge < -0.3 is 10.6 Å². The van der Waals surface area contributed by atoms with Crippen LogP contribution in [-0.2, 0) is 16.0 Å². The molecule has 0 spiro atoms. The highest BCUT2D eigenvalue weighted by Gasteiger charge is 2.20. The second kappa shape index (κ2) is 12.0. The Kier molecular flexibility index (Phi) is 10.0. The molecule has 0 fully saturated rings. The molecule has 1 aromatic carbocycles. The molecule has 0 aliphatic carbocycles. The van der Waals surface area contributed by atoms with Crippen LogP contribution in [0.2, 0.25) is 0 Å². The summed E-state index contributed by atoms with van der Waals surface area (Å²) in [5, 5.41) is 5.28. The van der Waals surface area contributed by atoms with Gasteiger partial charge >= 0.3 is 0 Å². The summed E-state index contributed by atoms with van der Waals surface area (Å²) in [5.74, 6) is -1.75. The van der Waals surface area contributed by atoms with Crippen LogP contribution < -0.4 is 10.6 Å². The summed E-state index contributed by atoms with van der Waals surface area (Å²) in [4.78, 5) is 24.5. The molecule has 27 heavy (non-hydrogen) atoms. The van der Waals surface area contributed by atoms with Gasteiger partial charge in [-0.05, 0) is 49.5 Å². The number of hydrogen-bond acceptors (Lipinski definition) is 2. The van der Waals surface area contributed by atoms with Crippen molar-refractivity contribution < 1.29 is 18.4 Å². The van der Waals surface area contributed by atoms with Gasteiger partial charge in [0.2, 0.25) is 11.8 Å². The second-order valence-corrected chi connectivity index (χ2v) is 6.73. The number of nitrogens with one attached hydrogen (secondary N) is 2. The first kappa shape index (κ1) is 22.5. The van der Waals surface area contributed by atoms with Gasteiger partial charge in [-0.25, -0.2) is 8.78 Å². The molecule has 1 rings (SSSR count). The van der Waals surface area contributed by atoms with Crippen LogP contribution in [0.3, 0.4) is 0 Å². The van der Waals surface area contributed by atoms with Gasteiger partial charge in [0.05, 0.1) is 0 Å². The van der Waals surface area contributed by atoms with Crippen molar-refractivity contribution in [2.24, 2.45) is 5.92 Å². The Morgan fingerprint density at radius 1 is 1.11 bits per heavy atom. The van der Waals surface area contributed by atoms with E-state index in [2.05, 4.69) is 24.5 Å². The third-order valence-corrected chi connectivity index (χ3v) is 3.80. The minimum Gasteiger partial charge on any atom is -0.351 e. The number of benzene rings is 1. The standard InChI is InChI=1S/C21H28F2N2O2/c1-4-5-10-24-21(27)19(13-16-11-17(22)14-18(23)12-16)25-20(26)9-7-6-8-15(2)3/h4-5,7,9,11-12,14-15,19H,6,8,10,13H2,1-3H3,(H,24,27)(H,25,26)/b5-4-,9-7+/t19-/m0/s1. The van der Waals surface area contributed by atoms with Crippen LogP contribution >= 0.6 is 0 Å². The highest BCUT2D eigenvalue weighted by atomic mass is 19.1. The molecule has 4 nitrogen and oxygen atoms in total. The van der Waals surface area contributed by atoms with E-state index in [9.17, 15) is 18.4 Å². The Bertz CT molecular complexity index is 665. The van der Waals surface area contributed by atoms with Gasteiger partial charge in [0.1, 0.15) is 17.7 Å². The molecule has 148 valence electrons. The van der Waals surface area contributed by atoms with Crippen molar-refractivity contribution in [3.8, 4) is 0 Å². The number of carbonyl (C=O) groups excluding carboxylic acids is 2. The largest absolute Gasteiger partial charge is 0.351 e. The van der Waals surface area contributed by atoms with Crippen LogP contribution in [0.5, 0.6) is 0 Å². The molecule has 1 atom stereocenters. The lowest BCUT2D eigenvalue weighted by atomic mass is 10.0. The molecule has 0 unspecified atom stereocenters. The zero-order valence-corrected chi connectivity index (χ0v) is 16.1. The highest BCUT2D eigenvalue weighted by molar-refractivity contribution is 5.93. The predicted octanol–water partition coefficient (Wildman–Crippen LogP) is 3.68. The first-order chi connectivity index (χ1) is 12.8. The van der Waals surface area contributed by atoms with E-state index in [4.69, 9.17) is 0 Å². The van der Waals surface area contributed by atoms with Crippen molar-refractivity contribution in [2.75, 3.05) is 6.54 Å². The topological polar surface area (TPSA) is 58.2 Å². The SMILES string of the molecule is C/C=C\CNC(=O)[C@H](Cc1cc(F)cc(F)c1)NC(=O)/C=C/CCC(C)C. The third-order valence-electron chi connectivity index (χ3n) is 3.80. The second-order valence-electron chi connectivity index (χ2n) is 6.73. The van der Waals surface area contributed by atoms with Crippen LogP contribution in [-0.4, -0.2) is 24.4 Å². The van der Waals surface area contributed by atoms with Gasteiger partial charge in [-0.15, -0.1) is 0 Å². The molecule has 0 radical (unpaired) electrons. The average molecular weight is 378 g/mol. The van der Waals surface area contributed by atoms with E-state index in [0.717, 1.165) is 31.0 Å². The van der Waals surface area contributed by atoms with Crippen molar-refractivity contribution in [1.29, 1.82) is 0 Å². The number of halogens is 2. The minimum absolute atomic E-state index is 0.0120. The Morgan fingerprint density at radius 2 is 1.78 bits per heavy atom. The highest BCUT2D eigenvalue weighted by Crippen LogP contribution is 2.11. The van der Waals surface area contributed by atoms with Crippen molar-refractivity contribution in [3.05, 3.63) is 59.7 Å². The molecule has 2 N–H and O–H groups in total. The molecule has 0 saturated heterocycles. The van der Waals surface area contributed by atoms with Gasteiger partial charge in [0.15, 0.2) is 0 Å². The summed E-state index contributed by atoms with van der Waals surface area (Å²) in [6.07, 6.45) is 8.39. The molecule has 0 aliphatic rings. The van der Waals surface area contributed by atoms with Crippen LogP contribution in [0.1, 0.15) is 39.2 Å². The first-order valence-electron chi connectivity index (χ1n) is 9.12. The van der Waals surface area contributed by atoms with E-state index < -0.39 is 29.5 Å². The van der Waals surface area contributed by atoms with Gasteiger partial charge in [0, 0.05) is 19.0 Å². The number of amides is 2. The van der Waals surface area contributed by atoms with E-state index in [0.29, 0.717) is 18.0 Å². The fraction of sp³-hybridized carbons (Fsp3) is 0.429. The lowest BCUT2D eigenvalue weighted by Gasteiger charge is -2.17.